The normalized spacial score (nSPS) is 10.7. The fraction of sp³-hybridized carbons (Fsp3) is 0.500. The molecule has 0 atom stereocenters. The van der Waals surface area contributed by atoms with Gasteiger partial charge in [-0.25, -0.2) is 0 Å². The molecule has 0 radical (unpaired) electrons. The second kappa shape index (κ2) is 9.26. The first kappa shape index (κ1) is 18.2. The predicted molar refractivity (Wildman–Crippen MR) is 91.3 cm³/mol. The molecule has 0 aliphatic carbocycles. The average molecular weight is 326 g/mol. The molecule has 0 bridgehead atoms. The Bertz CT molecular complexity index is 521. The first-order valence-corrected chi connectivity index (χ1v) is 8.27. The number of carbonyl (C=O) groups excluding carboxylic acids is 1. The van der Waals surface area contributed by atoms with Crippen LogP contribution in [0.2, 0.25) is 0 Å². The number of nitrogens with two attached hydrogens (primary N) is 1. The van der Waals surface area contributed by atoms with Crippen molar-refractivity contribution in [2.75, 3.05) is 42.2 Å². The third-order valence-corrected chi connectivity index (χ3v) is 4.13. The molecular weight excluding hydrogens is 304 g/mol. The Morgan fingerprint density at radius 3 is 2.68 bits per heavy atom. The maximum absolute atomic E-state index is 11.8. The van der Waals surface area contributed by atoms with Crippen molar-refractivity contribution >= 4 is 34.7 Å². The Morgan fingerprint density at radius 1 is 1.41 bits per heavy atom. The van der Waals surface area contributed by atoms with Gasteiger partial charge >= 0.3 is 0 Å². The molecule has 0 aliphatic rings. The highest BCUT2D eigenvalue weighted by atomic mass is 32.2. The molecule has 0 unspecified atom stereocenters. The molecule has 0 spiro atoms. The summed E-state index contributed by atoms with van der Waals surface area (Å²) >= 11 is 1.54. The summed E-state index contributed by atoms with van der Waals surface area (Å²) in [5.41, 5.74) is 5.77. The number of nitro groups is 1. The molecular formula is C14H22N4O3S. The lowest BCUT2D eigenvalue weighted by Gasteiger charge is -2.17. The van der Waals surface area contributed by atoms with E-state index in [4.69, 9.17) is 5.73 Å². The molecule has 0 heterocycles. The van der Waals surface area contributed by atoms with Crippen LogP contribution >= 0.6 is 11.8 Å². The van der Waals surface area contributed by atoms with Crippen molar-refractivity contribution in [3.8, 4) is 0 Å². The Kier molecular flexibility index (Phi) is 7.69. The zero-order valence-corrected chi connectivity index (χ0v) is 13.7. The predicted octanol–water partition coefficient (Wildman–Crippen LogP) is 2.19. The number of carbonyl (C=O) groups is 1. The van der Waals surface area contributed by atoms with Gasteiger partial charge in [0.25, 0.3) is 5.69 Å². The van der Waals surface area contributed by atoms with Crippen LogP contribution in [0.15, 0.2) is 18.2 Å². The van der Waals surface area contributed by atoms with Crippen LogP contribution in [-0.2, 0) is 4.79 Å². The second-order valence-electron chi connectivity index (χ2n) is 4.66. The van der Waals surface area contributed by atoms with E-state index in [-0.39, 0.29) is 17.3 Å². The Labute approximate surface area is 134 Å². The van der Waals surface area contributed by atoms with Gasteiger partial charge in [-0.05, 0) is 25.2 Å². The monoisotopic (exact) mass is 326 g/mol. The average Bonchev–Trinajstić information content (AvgIpc) is 2.49. The fourth-order valence-corrected chi connectivity index (χ4v) is 2.66. The molecule has 0 aromatic heterocycles. The highest BCUT2D eigenvalue weighted by Gasteiger charge is 2.13. The Morgan fingerprint density at radius 2 is 2.09 bits per heavy atom. The summed E-state index contributed by atoms with van der Waals surface area (Å²) in [6.45, 7) is 7.15. The number of hydrogen-bond donors (Lipinski definition) is 2. The van der Waals surface area contributed by atoms with Crippen molar-refractivity contribution in [3.63, 3.8) is 0 Å². The summed E-state index contributed by atoms with van der Waals surface area (Å²) in [6.07, 6.45) is 0. The van der Waals surface area contributed by atoms with Gasteiger partial charge < -0.3 is 16.0 Å². The number of amides is 1. The molecule has 22 heavy (non-hydrogen) atoms. The quantitative estimate of drug-likeness (QED) is 0.312. The van der Waals surface area contributed by atoms with Gasteiger partial charge in [-0.3, -0.25) is 14.9 Å². The highest BCUT2D eigenvalue weighted by molar-refractivity contribution is 7.99. The highest BCUT2D eigenvalue weighted by Crippen LogP contribution is 2.25. The van der Waals surface area contributed by atoms with E-state index in [1.807, 2.05) is 0 Å². The molecule has 0 saturated heterocycles. The molecule has 0 saturated carbocycles. The summed E-state index contributed by atoms with van der Waals surface area (Å²) in [5.74, 6) is 1.01. The van der Waals surface area contributed by atoms with Crippen molar-refractivity contribution in [2.45, 2.75) is 13.8 Å². The van der Waals surface area contributed by atoms with E-state index < -0.39 is 4.92 Å². The zero-order chi connectivity index (χ0) is 16.5. The number of benzene rings is 1. The van der Waals surface area contributed by atoms with Crippen LogP contribution in [-0.4, -0.2) is 46.9 Å². The van der Waals surface area contributed by atoms with Gasteiger partial charge in [-0.15, -0.1) is 0 Å². The summed E-state index contributed by atoms with van der Waals surface area (Å²) in [6, 6.07) is 4.25. The first-order valence-electron chi connectivity index (χ1n) is 7.11. The minimum atomic E-state index is -0.566. The minimum absolute atomic E-state index is 0.0802. The number of thioether (sulfide) groups is 1. The SMILES string of the molecule is CCN(CC)CCSCC(=O)Nc1ccc(N)c([N+](=O)[O-])c1. The van der Waals surface area contributed by atoms with E-state index in [1.54, 1.807) is 17.8 Å². The van der Waals surface area contributed by atoms with Crippen molar-refractivity contribution in [1.82, 2.24) is 4.90 Å². The molecule has 1 aromatic rings. The molecule has 1 aromatic carbocycles. The number of nitrogen functional groups attached to an aromatic ring is 1. The van der Waals surface area contributed by atoms with E-state index >= 15 is 0 Å². The van der Waals surface area contributed by atoms with Crippen LogP contribution in [0.4, 0.5) is 17.1 Å². The smallest absolute Gasteiger partial charge is 0.294 e. The molecule has 0 fully saturated rings. The van der Waals surface area contributed by atoms with Gasteiger partial charge in [0.2, 0.25) is 5.91 Å². The maximum Gasteiger partial charge on any atom is 0.294 e. The zero-order valence-electron chi connectivity index (χ0n) is 12.9. The van der Waals surface area contributed by atoms with Crippen LogP contribution in [0.25, 0.3) is 0 Å². The van der Waals surface area contributed by atoms with Crippen LogP contribution in [0.1, 0.15) is 13.8 Å². The van der Waals surface area contributed by atoms with Crippen LogP contribution in [0.5, 0.6) is 0 Å². The number of nitrogens with zero attached hydrogens (tertiary/aromatic N) is 2. The Balaban J connectivity index is 2.42. The molecule has 7 nitrogen and oxygen atoms in total. The number of anilines is 2. The molecule has 3 N–H and O–H groups in total. The fourth-order valence-electron chi connectivity index (χ4n) is 1.87. The van der Waals surface area contributed by atoms with E-state index in [0.717, 1.165) is 25.4 Å². The number of nitro benzene ring substituents is 1. The number of hydrogen-bond acceptors (Lipinski definition) is 6. The standard InChI is InChI=1S/C14H22N4O3S/c1-3-17(4-2)7-8-22-10-14(19)16-11-5-6-12(15)13(9-11)18(20)21/h5-6,9H,3-4,7-8,10,15H2,1-2H3,(H,16,19). The largest absolute Gasteiger partial charge is 0.393 e. The maximum atomic E-state index is 11.8. The van der Waals surface area contributed by atoms with E-state index in [9.17, 15) is 14.9 Å². The van der Waals surface area contributed by atoms with Crippen molar-refractivity contribution < 1.29 is 9.72 Å². The lowest BCUT2D eigenvalue weighted by atomic mass is 10.2. The summed E-state index contributed by atoms with van der Waals surface area (Å²) < 4.78 is 0. The van der Waals surface area contributed by atoms with Crippen LogP contribution in [0, 0.1) is 10.1 Å². The van der Waals surface area contributed by atoms with Gasteiger partial charge in [0.15, 0.2) is 0 Å². The van der Waals surface area contributed by atoms with Crippen molar-refractivity contribution in [2.24, 2.45) is 0 Å². The molecule has 0 aliphatic heterocycles. The lowest BCUT2D eigenvalue weighted by molar-refractivity contribution is -0.383. The van der Waals surface area contributed by atoms with Crippen molar-refractivity contribution in [1.29, 1.82) is 0 Å². The van der Waals surface area contributed by atoms with E-state index in [1.165, 1.54) is 12.1 Å². The van der Waals surface area contributed by atoms with Gasteiger partial charge in [0.05, 0.1) is 10.7 Å². The topological polar surface area (TPSA) is 102 Å². The number of nitrogens with one attached hydrogen (secondary N) is 1. The van der Waals surface area contributed by atoms with Crippen LogP contribution < -0.4 is 11.1 Å². The van der Waals surface area contributed by atoms with Gasteiger partial charge in [-0.1, -0.05) is 13.8 Å². The van der Waals surface area contributed by atoms with Crippen molar-refractivity contribution in [3.05, 3.63) is 28.3 Å². The van der Waals surface area contributed by atoms with Gasteiger partial charge in [-0.2, -0.15) is 11.8 Å². The third-order valence-electron chi connectivity index (χ3n) is 3.19. The van der Waals surface area contributed by atoms with Gasteiger partial charge in [0, 0.05) is 24.1 Å². The van der Waals surface area contributed by atoms with Crippen LogP contribution in [0.3, 0.4) is 0 Å². The Hall–Kier alpha value is -1.80. The van der Waals surface area contributed by atoms with E-state index in [0.29, 0.717) is 11.4 Å². The molecule has 1 amide bonds. The number of rotatable bonds is 9. The third kappa shape index (κ3) is 5.90. The minimum Gasteiger partial charge on any atom is -0.393 e. The summed E-state index contributed by atoms with van der Waals surface area (Å²) in [5, 5.41) is 13.4. The molecule has 8 heteroatoms. The summed E-state index contributed by atoms with van der Waals surface area (Å²) in [4.78, 5) is 24.3. The molecule has 1 rings (SSSR count). The second-order valence-corrected chi connectivity index (χ2v) is 5.76. The summed E-state index contributed by atoms with van der Waals surface area (Å²) in [7, 11) is 0. The van der Waals surface area contributed by atoms with Gasteiger partial charge in [0.1, 0.15) is 5.69 Å². The first-order chi connectivity index (χ1) is 10.5. The molecule has 122 valence electrons. The van der Waals surface area contributed by atoms with E-state index in [2.05, 4.69) is 24.1 Å². The lowest BCUT2D eigenvalue weighted by Crippen LogP contribution is -2.26.